The van der Waals surface area contributed by atoms with Gasteiger partial charge in [-0.15, -0.1) is 0 Å². The fourth-order valence-corrected chi connectivity index (χ4v) is 3.98. The molecule has 3 rings (SSSR count). The number of amides is 1. The van der Waals surface area contributed by atoms with E-state index in [-0.39, 0.29) is 22.4 Å². The molecule has 1 fully saturated rings. The van der Waals surface area contributed by atoms with E-state index in [0.29, 0.717) is 48.1 Å². The van der Waals surface area contributed by atoms with E-state index in [1.807, 2.05) is 0 Å². The van der Waals surface area contributed by atoms with Gasteiger partial charge in [-0.25, -0.2) is 4.98 Å². The molecule has 26 heavy (non-hydrogen) atoms. The van der Waals surface area contributed by atoms with Gasteiger partial charge >= 0.3 is 0 Å². The molecule has 3 heterocycles. The third kappa shape index (κ3) is 2.75. The molecule has 0 unspecified atom stereocenters. The van der Waals surface area contributed by atoms with E-state index in [9.17, 15) is 14.7 Å². The molecule has 0 atom stereocenters. The van der Waals surface area contributed by atoms with Crippen LogP contribution in [0.2, 0.25) is 5.15 Å². The first-order chi connectivity index (χ1) is 12.2. The van der Waals surface area contributed by atoms with Crippen LogP contribution >= 0.6 is 11.6 Å². The Morgan fingerprint density at radius 3 is 2.54 bits per heavy atom. The maximum atomic E-state index is 13.1. The Morgan fingerprint density at radius 1 is 1.38 bits per heavy atom. The molecule has 2 aromatic rings. The molecule has 0 saturated carbocycles. The highest BCUT2D eigenvalue weighted by molar-refractivity contribution is 6.34. The second kappa shape index (κ2) is 6.55. The smallest absolute Gasteiger partial charge is 0.257 e. The van der Waals surface area contributed by atoms with Crippen LogP contribution in [0.3, 0.4) is 0 Å². The van der Waals surface area contributed by atoms with E-state index in [0.717, 1.165) is 0 Å². The highest BCUT2D eigenvalue weighted by atomic mass is 35.5. The number of fused-ring (bicyclic) bond motifs is 1. The van der Waals surface area contributed by atoms with Gasteiger partial charge in [0.1, 0.15) is 10.8 Å². The Hall–Kier alpha value is -2.12. The molecule has 1 amide bonds. The summed E-state index contributed by atoms with van der Waals surface area (Å²) >= 11 is 6.29. The van der Waals surface area contributed by atoms with Gasteiger partial charge in [0, 0.05) is 39.6 Å². The highest BCUT2D eigenvalue weighted by Gasteiger charge is 2.40. The number of aryl methyl sites for hydroxylation is 2. The lowest BCUT2D eigenvalue weighted by Crippen LogP contribution is -2.48. The number of likely N-dealkylation sites (tertiary alicyclic amines) is 1. The molecule has 0 bridgehead atoms. The SMILES string of the molecule is COC1(c2cc3c(Cl)nc(C)c(O)c3n(C)c2=O)CCN(C(C)=O)CC1. The molecular weight excluding hydrogens is 358 g/mol. The number of ether oxygens (including phenoxy) is 1. The van der Waals surface area contributed by atoms with Crippen LogP contribution in [-0.4, -0.2) is 45.7 Å². The van der Waals surface area contributed by atoms with Gasteiger partial charge in [-0.1, -0.05) is 11.6 Å². The molecule has 0 spiro atoms. The van der Waals surface area contributed by atoms with Gasteiger partial charge in [-0.2, -0.15) is 0 Å². The van der Waals surface area contributed by atoms with Crippen LogP contribution in [0.15, 0.2) is 10.9 Å². The summed E-state index contributed by atoms with van der Waals surface area (Å²) < 4.78 is 7.18. The first-order valence-electron chi connectivity index (χ1n) is 8.42. The number of hydrogen-bond acceptors (Lipinski definition) is 5. The summed E-state index contributed by atoms with van der Waals surface area (Å²) in [7, 11) is 3.16. The summed E-state index contributed by atoms with van der Waals surface area (Å²) in [6.07, 6.45) is 1.01. The molecular formula is C18H22ClN3O4. The Balaban J connectivity index is 2.21. The molecule has 0 radical (unpaired) electrons. The number of carbonyl (C=O) groups is 1. The monoisotopic (exact) mass is 379 g/mol. The van der Waals surface area contributed by atoms with Gasteiger partial charge in [0.05, 0.1) is 16.8 Å². The van der Waals surface area contributed by atoms with Crippen molar-refractivity contribution >= 4 is 28.4 Å². The molecule has 1 aliphatic rings. The second-order valence-electron chi connectivity index (χ2n) is 6.73. The predicted molar refractivity (Wildman–Crippen MR) is 98.6 cm³/mol. The van der Waals surface area contributed by atoms with Crippen LogP contribution in [0.5, 0.6) is 5.75 Å². The molecule has 7 nitrogen and oxygen atoms in total. The number of aromatic nitrogens is 2. The molecule has 1 N–H and O–H groups in total. The lowest BCUT2D eigenvalue weighted by atomic mass is 9.84. The average Bonchev–Trinajstić information content (AvgIpc) is 2.62. The summed E-state index contributed by atoms with van der Waals surface area (Å²) in [6, 6.07) is 1.67. The minimum absolute atomic E-state index is 0.00811. The minimum atomic E-state index is -0.807. The number of rotatable bonds is 2. The summed E-state index contributed by atoms with van der Waals surface area (Å²) in [5.41, 5.74) is 0.113. The number of aromatic hydroxyl groups is 1. The molecule has 0 aliphatic carbocycles. The van der Waals surface area contributed by atoms with Crippen molar-refractivity contribution in [1.82, 2.24) is 14.5 Å². The van der Waals surface area contributed by atoms with Crippen molar-refractivity contribution in [2.75, 3.05) is 20.2 Å². The number of piperidine rings is 1. The van der Waals surface area contributed by atoms with Gasteiger partial charge in [0.15, 0.2) is 5.75 Å². The maximum Gasteiger partial charge on any atom is 0.257 e. The Labute approximate surface area is 156 Å². The maximum absolute atomic E-state index is 13.1. The number of halogens is 1. The van der Waals surface area contributed by atoms with Crippen LogP contribution in [-0.2, 0) is 22.2 Å². The van der Waals surface area contributed by atoms with Crippen molar-refractivity contribution in [3.63, 3.8) is 0 Å². The number of hydrogen-bond donors (Lipinski definition) is 1. The zero-order valence-electron chi connectivity index (χ0n) is 15.3. The topological polar surface area (TPSA) is 84.7 Å². The predicted octanol–water partition coefficient (Wildman–Crippen LogP) is 2.08. The van der Waals surface area contributed by atoms with Crippen LogP contribution in [0.1, 0.15) is 31.0 Å². The van der Waals surface area contributed by atoms with Gasteiger partial charge in [0.2, 0.25) is 5.91 Å². The fraction of sp³-hybridized carbons (Fsp3) is 0.500. The number of methoxy groups -OCH3 is 1. The normalized spacial score (nSPS) is 16.9. The van der Waals surface area contributed by atoms with E-state index < -0.39 is 5.60 Å². The summed E-state index contributed by atoms with van der Waals surface area (Å²) in [5, 5.41) is 11.1. The number of carbonyl (C=O) groups excluding carboxylic acids is 1. The average molecular weight is 380 g/mol. The lowest BCUT2D eigenvalue weighted by molar-refractivity contribution is -0.135. The van der Waals surface area contributed by atoms with Gasteiger partial charge in [-0.3, -0.25) is 9.59 Å². The van der Waals surface area contributed by atoms with Crippen LogP contribution in [0.25, 0.3) is 10.9 Å². The van der Waals surface area contributed by atoms with Gasteiger partial charge in [0.25, 0.3) is 5.56 Å². The zero-order chi connectivity index (χ0) is 19.2. The quantitative estimate of drug-likeness (QED) is 0.807. The van der Waals surface area contributed by atoms with Gasteiger partial charge < -0.3 is 19.3 Å². The summed E-state index contributed by atoms with van der Waals surface area (Å²) in [5.74, 6) is -0.0535. The number of nitrogens with zero attached hydrogens (tertiary/aromatic N) is 3. The largest absolute Gasteiger partial charge is 0.504 e. The summed E-state index contributed by atoms with van der Waals surface area (Å²) in [4.78, 5) is 30.6. The van der Waals surface area contributed by atoms with Crippen molar-refractivity contribution in [3.8, 4) is 5.75 Å². The Kier molecular flexibility index (Phi) is 4.71. The van der Waals surface area contributed by atoms with Crippen molar-refractivity contribution in [2.24, 2.45) is 7.05 Å². The van der Waals surface area contributed by atoms with Crippen molar-refractivity contribution in [1.29, 1.82) is 0 Å². The number of pyridine rings is 2. The fourth-order valence-electron chi connectivity index (χ4n) is 3.71. The lowest BCUT2D eigenvalue weighted by Gasteiger charge is -2.40. The Bertz CT molecular complexity index is 946. The van der Waals surface area contributed by atoms with E-state index >= 15 is 0 Å². The van der Waals surface area contributed by atoms with Crippen LogP contribution < -0.4 is 5.56 Å². The Morgan fingerprint density at radius 2 is 2.00 bits per heavy atom. The van der Waals surface area contributed by atoms with Gasteiger partial charge in [-0.05, 0) is 25.8 Å². The molecule has 0 aromatic carbocycles. The molecule has 1 aliphatic heterocycles. The molecule has 2 aromatic heterocycles. The van der Waals surface area contributed by atoms with Crippen LogP contribution in [0.4, 0.5) is 0 Å². The van der Waals surface area contributed by atoms with E-state index in [4.69, 9.17) is 16.3 Å². The van der Waals surface area contributed by atoms with E-state index in [2.05, 4.69) is 4.98 Å². The van der Waals surface area contributed by atoms with Crippen molar-refractivity contribution < 1.29 is 14.6 Å². The second-order valence-corrected chi connectivity index (χ2v) is 7.08. The first-order valence-corrected chi connectivity index (χ1v) is 8.79. The molecule has 1 saturated heterocycles. The first kappa shape index (κ1) is 18.7. The zero-order valence-corrected chi connectivity index (χ0v) is 16.1. The van der Waals surface area contributed by atoms with E-state index in [1.165, 1.54) is 11.5 Å². The summed E-state index contributed by atoms with van der Waals surface area (Å²) in [6.45, 7) is 4.18. The van der Waals surface area contributed by atoms with Crippen molar-refractivity contribution in [2.45, 2.75) is 32.3 Å². The third-order valence-electron chi connectivity index (χ3n) is 5.37. The molecule has 140 valence electrons. The standard InChI is InChI=1S/C18H22ClN3O4/c1-10-15(24)14-12(16(19)20-10)9-13(17(25)21(14)3)18(26-4)5-7-22(8-6-18)11(2)23/h9,24H,5-8H2,1-4H3. The van der Waals surface area contributed by atoms with E-state index in [1.54, 1.807) is 32.0 Å². The molecule has 8 heteroatoms. The highest BCUT2D eigenvalue weighted by Crippen LogP contribution is 2.38. The van der Waals surface area contributed by atoms with Crippen molar-refractivity contribution in [3.05, 3.63) is 32.8 Å². The third-order valence-corrected chi connectivity index (χ3v) is 5.66. The van der Waals surface area contributed by atoms with Crippen LogP contribution in [0, 0.1) is 6.92 Å². The minimum Gasteiger partial charge on any atom is -0.504 e.